The van der Waals surface area contributed by atoms with Gasteiger partial charge in [-0.25, -0.2) is 13.8 Å². The quantitative estimate of drug-likeness (QED) is 0.359. The number of ether oxygens (including phenoxy) is 1. The van der Waals surface area contributed by atoms with Crippen LogP contribution in [0.15, 0.2) is 93.3 Å². The monoisotopic (exact) mass is 515 g/mol. The van der Waals surface area contributed by atoms with Crippen molar-refractivity contribution < 1.29 is 17.9 Å². The van der Waals surface area contributed by atoms with Crippen LogP contribution >= 0.6 is 15.9 Å². The molecule has 0 unspecified atom stereocenters. The maximum atomic E-state index is 13.3. The van der Waals surface area contributed by atoms with Gasteiger partial charge >= 0.3 is 0 Å². The van der Waals surface area contributed by atoms with Crippen molar-refractivity contribution in [2.45, 2.75) is 11.8 Å². The van der Waals surface area contributed by atoms with E-state index in [9.17, 15) is 13.2 Å². The molecule has 9 heteroatoms. The van der Waals surface area contributed by atoms with E-state index >= 15 is 0 Å². The van der Waals surface area contributed by atoms with E-state index in [1.807, 2.05) is 24.3 Å². The van der Waals surface area contributed by atoms with Gasteiger partial charge in [0.25, 0.3) is 15.9 Å². The molecule has 3 aromatic carbocycles. The van der Waals surface area contributed by atoms with Crippen LogP contribution in [0.4, 0.5) is 5.69 Å². The van der Waals surface area contributed by atoms with Crippen molar-refractivity contribution in [3.05, 3.63) is 88.9 Å². The number of rotatable bonds is 8. The van der Waals surface area contributed by atoms with Crippen LogP contribution in [0.5, 0.6) is 5.75 Å². The van der Waals surface area contributed by atoms with Gasteiger partial charge in [-0.15, -0.1) is 0 Å². The van der Waals surface area contributed by atoms with Crippen LogP contribution in [-0.4, -0.2) is 33.7 Å². The summed E-state index contributed by atoms with van der Waals surface area (Å²) < 4.78 is 33.7. The average molecular weight is 516 g/mol. The molecule has 1 N–H and O–H groups in total. The predicted molar refractivity (Wildman–Crippen MR) is 128 cm³/mol. The number of sulfonamides is 1. The minimum atomic E-state index is -4.01. The molecule has 0 saturated carbocycles. The maximum absolute atomic E-state index is 13.3. The number of hydrazone groups is 1. The van der Waals surface area contributed by atoms with Gasteiger partial charge in [0.15, 0.2) is 0 Å². The number of benzene rings is 3. The molecule has 3 aromatic rings. The first-order chi connectivity index (χ1) is 15.3. The Morgan fingerprint density at radius 1 is 1.00 bits per heavy atom. The third-order valence-corrected chi connectivity index (χ3v) is 6.91. The van der Waals surface area contributed by atoms with Gasteiger partial charge in [-0.2, -0.15) is 5.10 Å². The van der Waals surface area contributed by atoms with Crippen molar-refractivity contribution in [2.24, 2.45) is 5.10 Å². The zero-order valence-corrected chi connectivity index (χ0v) is 19.9. The summed E-state index contributed by atoms with van der Waals surface area (Å²) in [5.41, 5.74) is 4.24. The largest absolute Gasteiger partial charge is 0.497 e. The second kappa shape index (κ2) is 10.4. The summed E-state index contributed by atoms with van der Waals surface area (Å²) >= 11 is 3.37. The molecule has 32 heavy (non-hydrogen) atoms. The van der Waals surface area contributed by atoms with Crippen molar-refractivity contribution in [3.63, 3.8) is 0 Å². The summed E-state index contributed by atoms with van der Waals surface area (Å²) in [6.45, 7) is 1.32. The molecule has 166 valence electrons. The fourth-order valence-corrected chi connectivity index (χ4v) is 4.54. The molecule has 0 aliphatic rings. The maximum Gasteiger partial charge on any atom is 0.264 e. The topological polar surface area (TPSA) is 88.1 Å². The second-order valence-electron chi connectivity index (χ2n) is 6.76. The highest BCUT2D eigenvalue weighted by Crippen LogP contribution is 2.24. The van der Waals surface area contributed by atoms with Crippen molar-refractivity contribution in [2.75, 3.05) is 18.0 Å². The lowest BCUT2D eigenvalue weighted by Crippen LogP contribution is -2.39. The third-order valence-electron chi connectivity index (χ3n) is 4.59. The van der Waals surface area contributed by atoms with Crippen molar-refractivity contribution in [3.8, 4) is 5.75 Å². The molecule has 0 radical (unpaired) electrons. The molecular weight excluding hydrogens is 494 g/mol. The zero-order valence-electron chi connectivity index (χ0n) is 17.5. The van der Waals surface area contributed by atoms with Crippen LogP contribution in [0, 0.1) is 0 Å². The minimum Gasteiger partial charge on any atom is -0.497 e. The van der Waals surface area contributed by atoms with E-state index in [-0.39, 0.29) is 4.90 Å². The highest BCUT2D eigenvalue weighted by atomic mass is 79.9. The van der Waals surface area contributed by atoms with Gasteiger partial charge in [0.05, 0.1) is 23.4 Å². The van der Waals surface area contributed by atoms with Gasteiger partial charge in [0, 0.05) is 4.47 Å². The Balaban J connectivity index is 1.84. The molecule has 3 rings (SSSR count). The summed E-state index contributed by atoms with van der Waals surface area (Å²) in [6, 6.07) is 21.9. The normalized spacial score (nSPS) is 11.7. The van der Waals surface area contributed by atoms with Gasteiger partial charge in [-0.1, -0.05) is 46.3 Å². The molecule has 0 aliphatic heterocycles. The summed E-state index contributed by atoms with van der Waals surface area (Å²) in [5.74, 6) is -0.0342. The van der Waals surface area contributed by atoms with Gasteiger partial charge in [0.1, 0.15) is 12.3 Å². The van der Waals surface area contributed by atoms with E-state index in [0.29, 0.717) is 17.1 Å². The van der Waals surface area contributed by atoms with E-state index in [2.05, 4.69) is 26.5 Å². The Bertz CT molecular complexity index is 1200. The number of nitrogens with zero attached hydrogens (tertiary/aromatic N) is 2. The van der Waals surface area contributed by atoms with Crippen molar-refractivity contribution >= 4 is 43.3 Å². The average Bonchev–Trinajstić information content (AvgIpc) is 2.82. The molecule has 0 bridgehead atoms. The number of hydrogen-bond donors (Lipinski definition) is 1. The number of carbonyl (C=O) groups excluding carboxylic acids is 1. The summed E-state index contributed by atoms with van der Waals surface area (Å²) in [4.78, 5) is 12.7. The fraction of sp³-hybridized carbons (Fsp3) is 0.130. The molecule has 0 saturated heterocycles. The third kappa shape index (κ3) is 5.74. The Hall–Kier alpha value is -3.17. The number of anilines is 1. The van der Waals surface area contributed by atoms with Crippen LogP contribution in [0.2, 0.25) is 0 Å². The molecule has 1 amide bonds. The van der Waals surface area contributed by atoms with Crippen LogP contribution < -0.4 is 14.5 Å². The minimum absolute atomic E-state index is 0.0458. The molecule has 0 spiro atoms. The van der Waals surface area contributed by atoms with Crippen LogP contribution in [0.25, 0.3) is 0 Å². The number of methoxy groups -OCH3 is 1. The Morgan fingerprint density at radius 2 is 1.62 bits per heavy atom. The molecule has 7 nitrogen and oxygen atoms in total. The molecular formula is C23H22BrN3O4S. The number of para-hydroxylation sites is 1. The van der Waals surface area contributed by atoms with Gasteiger partial charge in [0.2, 0.25) is 0 Å². The summed E-state index contributed by atoms with van der Waals surface area (Å²) in [6.07, 6.45) is 0. The number of halogens is 1. The lowest BCUT2D eigenvalue weighted by molar-refractivity contribution is -0.119. The van der Waals surface area contributed by atoms with Crippen LogP contribution in [0.3, 0.4) is 0 Å². The smallest absolute Gasteiger partial charge is 0.264 e. The van der Waals surface area contributed by atoms with Gasteiger partial charge < -0.3 is 4.74 Å². The van der Waals surface area contributed by atoms with Crippen molar-refractivity contribution in [1.82, 2.24) is 5.43 Å². The highest BCUT2D eigenvalue weighted by Gasteiger charge is 2.27. The van der Waals surface area contributed by atoms with E-state index in [1.54, 1.807) is 49.4 Å². The number of carbonyl (C=O) groups is 1. The highest BCUT2D eigenvalue weighted by molar-refractivity contribution is 9.10. The van der Waals surface area contributed by atoms with E-state index < -0.39 is 22.5 Å². The Kier molecular flexibility index (Phi) is 7.66. The first-order valence-corrected chi connectivity index (χ1v) is 11.9. The molecule has 0 heterocycles. The fourth-order valence-electron chi connectivity index (χ4n) is 2.85. The summed E-state index contributed by atoms with van der Waals surface area (Å²) in [7, 11) is -2.51. The van der Waals surface area contributed by atoms with Crippen molar-refractivity contribution in [1.29, 1.82) is 0 Å². The van der Waals surface area contributed by atoms with E-state index in [4.69, 9.17) is 4.74 Å². The van der Waals surface area contributed by atoms with Gasteiger partial charge in [-0.3, -0.25) is 9.10 Å². The summed E-state index contributed by atoms with van der Waals surface area (Å²) in [5, 5.41) is 4.11. The molecule has 0 atom stereocenters. The number of amides is 1. The first-order valence-electron chi connectivity index (χ1n) is 9.62. The molecule has 0 fully saturated rings. The predicted octanol–water partition coefficient (Wildman–Crippen LogP) is 4.19. The lowest BCUT2D eigenvalue weighted by Gasteiger charge is -2.23. The van der Waals surface area contributed by atoms with Crippen LogP contribution in [0.1, 0.15) is 12.5 Å². The first kappa shape index (κ1) is 23.5. The Labute approximate surface area is 195 Å². The number of nitrogens with one attached hydrogen (secondary N) is 1. The van der Waals surface area contributed by atoms with Crippen LogP contribution in [-0.2, 0) is 14.8 Å². The Morgan fingerprint density at radius 3 is 2.22 bits per heavy atom. The molecule has 0 aromatic heterocycles. The SMILES string of the molecule is COc1ccc(S(=O)(=O)N(CC(=O)N/N=C(/C)c2ccc(Br)cc2)c2ccccc2)cc1. The lowest BCUT2D eigenvalue weighted by atomic mass is 10.1. The van der Waals surface area contributed by atoms with E-state index in [1.165, 1.54) is 19.2 Å². The standard InChI is InChI=1S/C23H22BrN3O4S/c1-17(18-8-10-19(24)11-9-18)25-26-23(28)16-27(20-6-4-3-5-7-20)32(29,30)22-14-12-21(31-2)13-15-22/h3-15H,16H2,1-2H3,(H,26,28)/b25-17-. The molecule has 0 aliphatic carbocycles. The number of hydrogen-bond acceptors (Lipinski definition) is 5. The zero-order chi connectivity index (χ0) is 23.1. The second-order valence-corrected chi connectivity index (χ2v) is 9.54. The van der Waals surface area contributed by atoms with E-state index in [0.717, 1.165) is 14.3 Å². The van der Waals surface area contributed by atoms with Gasteiger partial charge in [-0.05, 0) is 61.0 Å².